The number of nitrogens with one attached hydrogen (secondary N) is 3. The van der Waals surface area contributed by atoms with Crippen molar-refractivity contribution in [1.29, 1.82) is 0 Å². The molecule has 6 aromatic rings. The van der Waals surface area contributed by atoms with Crippen molar-refractivity contribution >= 4 is 101 Å². The van der Waals surface area contributed by atoms with Crippen molar-refractivity contribution in [2.45, 2.75) is 98.2 Å². The van der Waals surface area contributed by atoms with Crippen LogP contribution in [0.1, 0.15) is 24.9 Å². The van der Waals surface area contributed by atoms with Crippen molar-refractivity contribution in [1.82, 2.24) is 58.1 Å². The van der Waals surface area contributed by atoms with Crippen LogP contribution in [0.4, 0.5) is 11.8 Å². The van der Waals surface area contributed by atoms with Gasteiger partial charge in [-0.2, -0.15) is 4.98 Å². The van der Waals surface area contributed by atoms with Gasteiger partial charge in [-0.25, -0.2) is 29.5 Å². The molecule has 44 heteroatoms. The maximum Gasteiger partial charge on any atom is 0.330 e. The van der Waals surface area contributed by atoms with Crippen LogP contribution in [0.2, 0.25) is 0 Å². The van der Waals surface area contributed by atoms with Crippen LogP contribution in [0.15, 0.2) is 67.5 Å². The van der Waals surface area contributed by atoms with Crippen molar-refractivity contribution in [3.63, 3.8) is 0 Å². The lowest BCUT2D eigenvalue weighted by molar-refractivity contribution is -0.0635. The maximum absolute atomic E-state index is 13.2. The molecule has 19 atom stereocenters. The Bertz CT molecular complexity index is 3910. The van der Waals surface area contributed by atoms with Gasteiger partial charge in [0.05, 0.1) is 39.1 Å². The van der Waals surface area contributed by atoms with E-state index in [2.05, 4.69) is 52.1 Å². The molecule has 0 spiro atoms. The smallest absolute Gasteiger partial charge is 0.330 e. The predicted octanol–water partition coefficient (Wildman–Crippen LogP) is -2.98. The van der Waals surface area contributed by atoms with E-state index < -0.39 is 172 Å². The number of aromatic nitrogens is 12. The van der Waals surface area contributed by atoms with Crippen LogP contribution >= 0.6 is 31.4 Å². The Hall–Kier alpha value is -4.56. The van der Waals surface area contributed by atoms with Crippen LogP contribution in [0.25, 0.3) is 22.3 Å². The standard InChI is InChI=1S/C42H55N14O23P3S4/c1-66-28-24(60)17(74-36(28)56-15-48-23-34(56)51-40(44)52-35(23)61)10-70-80(64,83)78-26-19(76-39(30(26)68-3)55-14-47-22-32(43)45-13-46-33(22)55)12-72-82(85,86)79-27-18(75-38(31(27)69-4)54-8-6-21(59)50-42(54)63)11-71-81(65,84)77-25-16(9-57)73-37(29(25)67-2)53-7-5-20(58)49-41(53)62/h5-8,13-19,24-31,36-39,57,60H,9-12H2,1-4H3,(H,64,83)(H,65,84)(H,85,86)(H2,43,45,46)(H,49,58,62)(H,50,59,63)(H3,44,51,52,61)/t16-,17-,18-,19-,24?,25?,26?,27?,28?,29?,30?,31?,36-,37-,38-,39-,80?,81?/m1/s1. The third-order valence-electron chi connectivity index (χ3n) is 14.0. The van der Waals surface area contributed by atoms with E-state index in [1.807, 2.05) is 0 Å². The van der Waals surface area contributed by atoms with Gasteiger partial charge in [0.2, 0.25) is 11.6 Å². The Morgan fingerprint density at radius 1 is 0.593 bits per heavy atom. The molecule has 4 aliphatic rings. The minimum Gasteiger partial charge on any atom is -0.394 e. The largest absolute Gasteiger partial charge is 0.394 e. The van der Waals surface area contributed by atoms with Crippen molar-refractivity contribution < 1.29 is 85.0 Å². The summed E-state index contributed by atoms with van der Waals surface area (Å²) in [5, 5.41) is 21.7. The van der Waals surface area contributed by atoms with Crippen molar-refractivity contribution in [3.05, 3.63) is 95.5 Å². The molecule has 37 nitrogen and oxygen atoms in total. The molecule has 0 aliphatic carbocycles. The number of aliphatic hydroxyl groups excluding tert-OH is 2. The van der Waals surface area contributed by atoms with Crippen LogP contribution in [0, 0.1) is 0 Å². The Morgan fingerprint density at radius 2 is 1.05 bits per heavy atom. The number of ether oxygens (including phenoxy) is 8. The Morgan fingerprint density at radius 3 is 1.58 bits per heavy atom. The van der Waals surface area contributed by atoms with Gasteiger partial charge in [0.15, 0.2) is 47.5 Å². The lowest BCUT2D eigenvalue weighted by atomic mass is 10.1. The number of imidazole rings is 2. The summed E-state index contributed by atoms with van der Waals surface area (Å²) >= 11 is 21.5. The van der Waals surface area contributed by atoms with Crippen LogP contribution in [0.3, 0.4) is 0 Å². The number of fused-ring (bicyclic) bond motifs is 2. The van der Waals surface area contributed by atoms with E-state index in [1.165, 1.54) is 56.6 Å². The normalized spacial score (nSPS) is 31.6. The molecule has 4 saturated heterocycles. The monoisotopic (exact) mass is 1340 g/mol. The molecule has 0 amide bonds. The number of aliphatic hydroxyl groups is 2. The Labute approximate surface area is 501 Å². The zero-order valence-electron chi connectivity index (χ0n) is 44.8. The average molecular weight is 1350 g/mol. The fraction of sp³-hybridized carbons (Fsp3) is 0.571. The first-order valence-corrected chi connectivity index (χ1v) is 34.1. The molecular weight excluding hydrogens is 1290 g/mol. The second-order valence-corrected chi connectivity index (χ2v) is 30.0. The molecular formula is C42H55N14O23P3S4. The van der Waals surface area contributed by atoms with E-state index >= 15 is 0 Å². The van der Waals surface area contributed by atoms with Gasteiger partial charge in [0, 0.05) is 53.0 Å². The van der Waals surface area contributed by atoms with Gasteiger partial charge in [-0.15, -0.1) is 0 Å². The number of nitrogens with zero attached hydrogens (tertiary/aromatic N) is 9. The minimum absolute atomic E-state index is 0.0230. The van der Waals surface area contributed by atoms with Gasteiger partial charge in [0.1, 0.15) is 85.1 Å². The molecule has 11 unspecified atom stereocenters. The number of nitrogen functional groups attached to an aromatic ring is 2. The van der Waals surface area contributed by atoms with E-state index in [9.17, 15) is 44.0 Å². The Kier molecular flexibility index (Phi) is 19.6. The van der Waals surface area contributed by atoms with Crippen molar-refractivity contribution in [2.24, 2.45) is 0 Å². The highest BCUT2D eigenvalue weighted by atomic mass is 32.9. The maximum atomic E-state index is 13.2. The number of nitrogens with two attached hydrogens (primary N) is 2. The highest BCUT2D eigenvalue weighted by molar-refractivity contribution is 8.60. The topological polar surface area (TPSA) is 479 Å². The number of rotatable bonds is 24. The predicted molar refractivity (Wildman–Crippen MR) is 306 cm³/mol. The molecule has 0 aromatic carbocycles. The lowest BCUT2D eigenvalue weighted by Gasteiger charge is -2.30. The molecule has 10 rings (SSSR count). The van der Waals surface area contributed by atoms with E-state index in [-0.39, 0.29) is 34.1 Å². The van der Waals surface area contributed by atoms with Crippen molar-refractivity contribution in [2.75, 3.05) is 66.3 Å². The van der Waals surface area contributed by atoms with E-state index in [1.54, 1.807) is 0 Å². The fourth-order valence-corrected chi connectivity index (χ4v) is 15.0. The minimum atomic E-state index is -4.48. The molecule has 0 radical (unpaired) electrons. The number of hydrogen-bond acceptors (Lipinski definition) is 31. The summed E-state index contributed by atoms with van der Waals surface area (Å²) in [6.45, 7) is -11.6. The average Bonchev–Trinajstić information content (AvgIpc) is 1.94. The van der Waals surface area contributed by atoms with Crippen molar-refractivity contribution in [3.8, 4) is 0 Å². The first-order chi connectivity index (χ1) is 40.9. The molecule has 4 aliphatic heterocycles. The van der Waals surface area contributed by atoms with E-state index in [0.717, 1.165) is 33.7 Å². The summed E-state index contributed by atoms with van der Waals surface area (Å²) in [5.41, 5.74) is 4.41. The third kappa shape index (κ3) is 13.2. The van der Waals surface area contributed by atoms with Gasteiger partial charge >= 0.3 is 24.8 Å². The fourth-order valence-electron chi connectivity index (χ4n) is 10.2. The van der Waals surface area contributed by atoms with Crippen LogP contribution in [0.5, 0.6) is 0 Å². The van der Waals surface area contributed by atoms with Gasteiger partial charge in [-0.3, -0.25) is 56.7 Å². The van der Waals surface area contributed by atoms with Crippen LogP contribution in [-0.4, -0.2) is 206 Å². The van der Waals surface area contributed by atoms with Crippen LogP contribution in [-0.2, 0) is 100 Å². The quantitative estimate of drug-likeness (QED) is 0.0213. The zero-order valence-corrected chi connectivity index (χ0v) is 50.9. The van der Waals surface area contributed by atoms with Gasteiger partial charge in [-0.1, -0.05) is 12.2 Å². The van der Waals surface area contributed by atoms with Gasteiger partial charge in [-0.05, 0) is 35.4 Å². The number of thiol groups is 1. The van der Waals surface area contributed by atoms with Gasteiger partial charge in [0.25, 0.3) is 16.7 Å². The molecule has 10 heterocycles. The second-order valence-electron chi connectivity index (χ2n) is 19.1. The number of H-pyrrole nitrogens is 3. The first-order valence-electron chi connectivity index (χ1n) is 25.2. The molecule has 0 bridgehead atoms. The second kappa shape index (κ2) is 26.1. The summed E-state index contributed by atoms with van der Waals surface area (Å²) in [7, 11) is 5.10. The number of anilines is 2. The summed E-state index contributed by atoms with van der Waals surface area (Å²) in [5.74, 6) is -0.175. The first kappa shape index (κ1) is 64.4. The van der Waals surface area contributed by atoms with E-state index in [0.29, 0.717) is 0 Å². The summed E-state index contributed by atoms with van der Waals surface area (Å²) in [6.07, 6.45) is -14.8. The zero-order chi connectivity index (χ0) is 61.7. The molecule has 11 N–H and O–H groups in total. The lowest BCUT2D eigenvalue weighted by Crippen LogP contribution is -2.40. The SMILES string of the molecule is COC1C(OP(O)(=S)OC[C@H]2O[C@@H](n3ccc(=O)[nH]c3=O)C(OC)C2OP(=S)(S)OC[C@H]2O[C@@H](n3cnc4c(N)ncnc43)C(OC)C2OP(O)(=S)OC[C@H]2O[C@@H](n3cnc4c(=O)[nH]c(N)nc43)C(OC)C2O)[C@@H](CO)O[C@H]1n1ccc(=O)[nH]c1=O. The number of methoxy groups -OCH3 is 4. The summed E-state index contributed by atoms with van der Waals surface area (Å²) < 4.78 is 89.0. The third-order valence-corrected chi connectivity index (χ3v) is 19.4. The molecule has 470 valence electrons. The highest BCUT2D eigenvalue weighted by Crippen LogP contribution is 2.59. The molecule has 6 aromatic heterocycles. The molecule has 4 fully saturated rings. The summed E-state index contributed by atoms with van der Waals surface area (Å²) in [4.78, 5) is 113. The number of hydrogen-bond donors (Lipinski definition) is 10. The highest BCUT2D eigenvalue weighted by Gasteiger charge is 2.54. The number of aromatic amines is 3. The summed E-state index contributed by atoms with van der Waals surface area (Å²) in [6, 6.07) is 2.10. The van der Waals surface area contributed by atoms with Gasteiger partial charge < -0.3 is 87.5 Å². The molecule has 0 saturated carbocycles. The van der Waals surface area contributed by atoms with E-state index in [4.69, 9.17) is 112 Å². The molecule has 86 heavy (non-hydrogen) atoms. The Balaban J connectivity index is 0.882. The van der Waals surface area contributed by atoms with Crippen LogP contribution < -0.4 is 39.5 Å².